The highest BCUT2D eigenvalue weighted by molar-refractivity contribution is 5.83. The maximum absolute atomic E-state index is 5.11. The normalized spacial score (nSPS) is 14.0. The quantitative estimate of drug-likeness (QED) is 0.174. The van der Waals surface area contributed by atoms with Crippen LogP contribution in [0.1, 0.15) is 36.9 Å². The molecular weight excluding hydrogens is 579 g/mol. The van der Waals surface area contributed by atoms with Crippen molar-refractivity contribution < 1.29 is 0 Å². The molecule has 2 aliphatic carbocycles. The maximum Gasteiger partial charge on any atom is 0.0715 e. The van der Waals surface area contributed by atoms with Crippen molar-refractivity contribution in [1.29, 1.82) is 0 Å². The third kappa shape index (κ3) is 6.41. The summed E-state index contributed by atoms with van der Waals surface area (Å²) in [5, 5.41) is 0. The van der Waals surface area contributed by atoms with Crippen molar-refractivity contribution in [3.63, 3.8) is 0 Å². The number of pyridine rings is 1. The molecule has 0 fully saturated rings. The summed E-state index contributed by atoms with van der Waals surface area (Å²) in [5.41, 5.74) is 16.7. The lowest BCUT2D eigenvalue weighted by atomic mass is 9.92. The molecule has 0 aliphatic heterocycles. The van der Waals surface area contributed by atoms with Crippen LogP contribution in [0.4, 0.5) is 0 Å². The van der Waals surface area contributed by atoms with Crippen LogP contribution < -0.4 is 0 Å². The van der Waals surface area contributed by atoms with Gasteiger partial charge < -0.3 is 0 Å². The van der Waals surface area contributed by atoms with E-state index in [2.05, 4.69) is 176 Å². The zero-order valence-corrected chi connectivity index (χ0v) is 27.0. The average Bonchev–Trinajstić information content (AvgIpc) is 3.19. The molecule has 0 atom stereocenters. The van der Waals surface area contributed by atoms with Crippen molar-refractivity contribution in [1.82, 2.24) is 4.98 Å². The van der Waals surface area contributed by atoms with Crippen molar-refractivity contribution in [2.24, 2.45) is 0 Å². The molecule has 2 aliphatic rings. The van der Waals surface area contributed by atoms with E-state index in [1.807, 2.05) is 0 Å². The summed E-state index contributed by atoms with van der Waals surface area (Å²) >= 11 is 0. The van der Waals surface area contributed by atoms with Crippen LogP contribution in [0, 0.1) is 0 Å². The van der Waals surface area contributed by atoms with E-state index in [-0.39, 0.29) is 0 Å². The molecule has 1 aromatic heterocycles. The highest BCUT2D eigenvalue weighted by atomic mass is 14.7. The van der Waals surface area contributed by atoms with E-state index in [1.165, 1.54) is 61.2 Å². The number of hydrogen-bond donors (Lipinski definition) is 0. The third-order valence-electron chi connectivity index (χ3n) is 9.35. The first kappa shape index (κ1) is 29.6. The molecule has 48 heavy (non-hydrogen) atoms. The summed E-state index contributed by atoms with van der Waals surface area (Å²) in [6.07, 6.45) is 17.8. The fourth-order valence-corrected chi connectivity index (χ4v) is 6.78. The molecular formula is C47H37N. The molecule has 230 valence electrons. The first-order valence-electron chi connectivity index (χ1n) is 17.0. The number of allylic oxidation sites excluding steroid dienone is 8. The van der Waals surface area contributed by atoms with E-state index >= 15 is 0 Å². The predicted molar refractivity (Wildman–Crippen MR) is 204 cm³/mol. The van der Waals surface area contributed by atoms with Crippen LogP contribution in [0.25, 0.3) is 66.9 Å². The van der Waals surface area contributed by atoms with Gasteiger partial charge in [-0.3, -0.25) is 0 Å². The minimum atomic E-state index is 0.994. The minimum Gasteiger partial charge on any atom is -0.248 e. The molecule has 0 amide bonds. The van der Waals surface area contributed by atoms with Crippen molar-refractivity contribution in [3.05, 3.63) is 187 Å². The highest BCUT2D eigenvalue weighted by Crippen LogP contribution is 2.35. The highest BCUT2D eigenvalue weighted by Gasteiger charge is 2.12. The Labute approximate surface area is 284 Å². The predicted octanol–water partition coefficient (Wildman–Crippen LogP) is 12.9. The van der Waals surface area contributed by atoms with Gasteiger partial charge in [-0.2, -0.15) is 0 Å². The van der Waals surface area contributed by atoms with Crippen LogP contribution in [0.15, 0.2) is 176 Å². The Morgan fingerprint density at radius 2 is 0.917 bits per heavy atom. The first-order valence-corrected chi connectivity index (χ1v) is 17.0. The van der Waals surface area contributed by atoms with Gasteiger partial charge in [0.1, 0.15) is 0 Å². The van der Waals surface area contributed by atoms with Crippen LogP contribution in [0.5, 0.6) is 0 Å². The Morgan fingerprint density at radius 1 is 0.396 bits per heavy atom. The van der Waals surface area contributed by atoms with E-state index in [1.54, 1.807) is 0 Å². The Morgan fingerprint density at radius 3 is 1.46 bits per heavy atom. The summed E-state index contributed by atoms with van der Waals surface area (Å²) in [5.74, 6) is 0. The second-order valence-electron chi connectivity index (χ2n) is 12.6. The average molecular weight is 616 g/mol. The van der Waals surface area contributed by atoms with Gasteiger partial charge in [-0.05, 0) is 123 Å². The molecule has 0 unspecified atom stereocenters. The van der Waals surface area contributed by atoms with Crippen LogP contribution in [-0.4, -0.2) is 4.98 Å². The molecule has 0 saturated carbocycles. The van der Waals surface area contributed by atoms with Crippen LogP contribution in [0.3, 0.4) is 0 Å². The summed E-state index contributed by atoms with van der Waals surface area (Å²) in [4.78, 5) is 5.11. The topological polar surface area (TPSA) is 12.9 Å². The fourth-order valence-electron chi connectivity index (χ4n) is 6.78. The molecule has 1 heteroatoms. The molecule has 0 N–H and O–H groups in total. The molecule has 1 nitrogen and oxygen atoms in total. The summed E-state index contributed by atoms with van der Waals surface area (Å²) in [6, 6.07) is 50.7. The van der Waals surface area contributed by atoms with Crippen molar-refractivity contribution in [2.45, 2.75) is 25.7 Å². The van der Waals surface area contributed by atoms with Crippen molar-refractivity contribution >= 4 is 11.1 Å². The van der Waals surface area contributed by atoms with Crippen molar-refractivity contribution in [2.75, 3.05) is 0 Å². The van der Waals surface area contributed by atoms with Gasteiger partial charge >= 0.3 is 0 Å². The Kier molecular flexibility index (Phi) is 8.34. The monoisotopic (exact) mass is 615 g/mol. The second-order valence-corrected chi connectivity index (χ2v) is 12.6. The molecule has 1 heterocycles. The third-order valence-corrected chi connectivity index (χ3v) is 9.35. The standard InChI is InChI=1S/C47H37N/c1-4-14-34(15-5-1)37-20-10-21-38(28-37)39-22-11-23-40(29-39)41-24-12-25-42(30-41)43-26-13-27-44(31-43)45-32-46(35-16-6-2-7-17-35)48-47(33-45)36-18-8-3-9-19-36/h1-2,4,6-8,10-14,16-33H,3,5,9,15H2. The molecule has 8 rings (SSSR count). The lowest BCUT2D eigenvalue weighted by molar-refractivity contribution is 1.04. The van der Waals surface area contributed by atoms with Gasteiger partial charge in [0.25, 0.3) is 0 Å². The molecule has 0 bridgehead atoms. The van der Waals surface area contributed by atoms with Crippen molar-refractivity contribution in [3.8, 4) is 55.8 Å². The number of hydrogen-bond acceptors (Lipinski definition) is 1. The van der Waals surface area contributed by atoms with Gasteiger partial charge in [-0.25, -0.2) is 4.98 Å². The summed E-state index contributed by atoms with van der Waals surface area (Å²) < 4.78 is 0. The molecule has 0 spiro atoms. The smallest absolute Gasteiger partial charge is 0.0715 e. The van der Waals surface area contributed by atoms with E-state index in [0.29, 0.717) is 0 Å². The lowest BCUT2D eigenvalue weighted by Crippen LogP contribution is -1.95. The lowest BCUT2D eigenvalue weighted by Gasteiger charge is -2.14. The van der Waals surface area contributed by atoms with E-state index in [4.69, 9.17) is 4.98 Å². The zero-order chi connectivity index (χ0) is 32.1. The molecule has 6 aromatic rings. The first-order chi connectivity index (χ1) is 23.8. The van der Waals surface area contributed by atoms with Gasteiger partial charge in [-0.15, -0.1) is 0 Å². The second kappa shape index (κ2) is 13.5. The Hall–Kier alpha value is -5.79. The van der Waals surface area contributed by atoms with E-state index in [9.17, 15) is 0 Å². The van der Waals surface area contributed by atoms with Crippen LogP contribution >= 0.6 is 0 Å². The van der Waals surface area contributed by atoms with E-state index in [0.717, 1.165) is 42.6 Å². The summed E-state index contributed by atoms with van der Waals surface area (Å²) in [7, 11) is 0. The van der Waals surface area contributed by atoms with Gasteiger partial charge in [0.2, 0.25) is 0 Å². The summed E-state index contributed by atoms with van der Waals surface area (Å²) in [6.45, 7) is 0. The van der Waals surface area contributed by atoms with Crippen LogP contribution in [0.2, 0.25) is 0 Å². The van der Waals surface area contributed by atoms with Gasteiger partial charge in [0.15, 0.2) is 0 Å². The van der Waals surface area contributed by atoms with Crippen LogP contribution in [-0.2, 0) is 0 Å². The molecule has 5 aromatic carbocycles. The minimum absolute atomic E-state index is 0.994. The number of rotatable bonds is 7. The number of nitrogens with zero attached hydrogens (tertiary/aromatic N) is 1. The number of benzene rings is 5. The Balaban J connectivity index is 1.13. The maximum atomic E-state index is 5.11. The SMILES string of the molecule is C1=CCCC(c2cccc(-c3cccc(-c4cccc(-c5cccc(-c6cc(C7=CCCC=C7)nc(-c7ccccc7)c6)c5)c4)c3)c2)=C1. The molecule has 0 radical (unpaired) electrons. The fraction of sp³-hybridized carbons (Fsp3) is 0.0851. The molecule has 0 saturated heterocycles. The van der Waals surface area contributed by atoms with Gasteiger partial charge in [-0.1, -0.05) is 140 Å². The largest absolute Gasteiger partial charge is 0.248 e. The zero-order valence-electron chi connectivity index (χ0n) is 27.0. The number of aromatic nitrogens is 1. The van der Waals surface area contributed by atoms with E-state index < -0.39 is 0 Å². The van der Waals surface area contributed by atoms with Gasteiger partial charge in [0, 0.05) is 5.56 Å². The Bertz CT molecular complexity index is 2230. The van der Waals surface area contributed by atoms with Gasteiger partial charge in [0.05, 0.1) is 11.4 Å².